The molecule has 6 heterocycles. The van der Waals surface area contributed by atoms with Crippen LogP contribution in [0.4, 0.5) is 11.6 Å². The molecule has 0 spiro atoms. The molecular weight excluding hydrogens is 583 g/mol. The second kappa shape index (κ2) is 11.0. The van der Waals surface area contributed by atoms with Gasteiger partial charge in [0.15, 0.2) is 35.4 Å². The largest absolute Gasteiger partial charge is 0.472 e. The first-order valence-electron chi connectivity index (χ1n) is 12.5. The maximum Gasteiger partial charge on any atom is 0.472 e. The van der Waals surface area contributed by atoms with Crippen LogP contribution in [0, 0.1) is 0 Å². The molecule has 0 amide bonds. The Labute approximate surface area is 235 Å². The number of aliphatic hydroxyl groups excluding tert-OH is 3. The lowest BCUT2D eigenvalue weighted by atomic mass is 10.1. The highest BCUT2D eigenvalue weighted by atomic mass is 31.2. The van der Waals surface area contributed by atoms with Gasteiger partial charge in [-0.15, -0.1) is 0 Å². The summed E-state index contributed by atoms with van der Waals surface area (Å²) >= 11 is 0. The van der Waals surface area contributed by atoms with E-state index in [1.54, 1.807) is 0 Å². The molecule has 6 rings (SSSR count). The monoisotopic (exact) mass is 610 g/mol. The first kappa shape index (κ1) is 28.7. The maximum atomic E-state index is 12.7. The molecule has 4 aromatic rings. The van der Waals surface area contributed by atoms with E-state index in [0.29, 0.717) is 11.2 Å². The van der Waals surface area contributed by atoms with Gasteiger partial charge in [0.25, 0.3) is 0 Å². The van der Waals surface area contributed by atoms with Crippen LogP contribution in [0.25, 0.3) is 22.3 Å². The second-order valence-corrected chi connectivity index (χ2v) is 11.0. The molecule has 2 saturated heterocycles. The van der Waals surface area contributed by atoms with Gasteiger partial charge in [0, 0.05) is 7.11 Å². The molecule has 0 aliphatic carbocycles. The number of aromatic nitrogens is 8. The highest BCUT2D eigenvalue weighted by Gasteiger charge is 2.48. The number of anilines is 2. The number of methoxy groups -OCH3 is 1. The molecule has 226 valence electrons. The van der Waals surface area contributed by atoms with E-state index in [4.69, 9.17) is 34.7 Å². The lowest BCUT2D eigenvalue weighted by Gasteiger charge is -2.20. The van der Waals surface area contributed by atoms with Crippen molar-refractivity contribution < 1.29 is 48.0 Å². The predicted molar refractivity (Wildman–Crippen MR) is 138 cm³/mol. The van der Waals surface area contributed by atoms with Gasteiger partial charge in [0.1, 0.15) is 60.3 Å². The summed E-state index contributed by atoms with van der Waals surface area (Å²) < 4.78 is 42.6. The number of fused-ring (bicyclic) bond motifs is 2. The molecule has 9 atom stereocenters. The summed E-state index contributed by atoms with van der Waals surface area (Å²) in [6, 6.07) is 0. The van der Waals surface area contributed by atoms with E-state index < -0.39 is 70.1 Å². The molecule has 42 heavy (non-hydrogen) atoms. The fourth-order valence-corrected chi connectivity index (χ4v) is 5.66. The molecular formula is C21H27N10O10P. The Kier molecular flexibility index (Phi) is 7.51. The third-order valence-corrected chi connectivity index (χ3v) is 8.00. The van der Waals surface area contributed by atoms with Crippen LogP contribution in [0.3, 0.4) is 0 Å². The van der Waals surface area contributed by atoms with E-state index in [0.717, 1.165) is 0 Å². The lowest BCUT2D eigenvalue weighted by Crippen LogP contribution is -2.35. The third-order valence-electron chi connectivity index (χ3n) is 7.05. The van der Waals surface area contributed by atoms with Crippen molar-refractivity contribution in [3.05, 3.63) is 25.3 Å². The van der Waals surface area contributed by atoms with Crippen molar-refractivity contribution >= 4 is 41.8 Å². The molecule has 0 radical (unpaired) electrons. The molecule has 4 aromatic heterocycles. The van der Waals surface area contributed by atoms with Gasteiger partial charge in [0.2, 0.25) is 0 Å². The highest BCUT2D eigenvalue weighted by molar-refractivity contribution is 7.47. The van der Waals surface area contributed by atoms with E-state index in [-0.39, 0.29) is 22.8 Å². The normalized spacial score (nSPS) is 31.3. The van der Waals surface area contributed by atoms with Crippen LogP contribution in [-0.2, 0) is 27.8 Å². The van der Waals surface area contributed by atoms with Crippen LogP contribution < -0.4 is 11.5 Å². The predicted octanol–water partition coefficient (Wildman–Crippen LogP) is -2.14. The summed E-state index contributed by atoms with van der Waals surface area (Å²) in [5.74, 6) is 0.262. The highest BCUT2D eigenvalue weighted by Crippen LogP contribution is 2.46. The number of nitrogens with two attached hydrogens (primary N) is 2. The zero-order chi connectivity index (χ0) is 29.8. The van der Waals surface area contributed by atoms with Crippen molar-refractivity contribution in [3.8, 4) is 0 Å². The van der Waals surface area contributed by atoms with E-state index >= 15 is 0 Å². The molecule has 0 aromatic carbocycles. The number of rotatable bonds is 9. The summed E-state index contributed by atoms with van der Waals surface area (Å²) in [6.07, 6.45) is -4.46. The molecule has 21 heteroatoms. The zero-order valence-corrected chi connectivity index (χ0v) is 22.7. The fraction of sp³-hybridized carbons (Fsp3) is 0.524. The number of nitrogens with zero attached hydrogens (tertiary/aromatic N) is 8. The lowest BCUT2D eigenvalue weighted by molar-refractivity contribution is -0.0635. The average Bonchev–Trinajstić information content (AvgIpc) is 3.72. The van der Waals surface area contributed by atoms with Gasteiger partial charge >= 0.3 is 7.82 Å². The molecule has 8 N–H and O–H groups in total. The van der Waals surface area contributed by atoms with Crippen molar-refractivity contribution in [3.63, 3.8) is 0 Å². The van der Waals surface area contributed by atoms with Gasteiger partial charge in [-0.25, -0.2) is 34.5 Å². The van der Waals surface area contributed by atoms with Crippen molar-refractivity contribution in [1.82, 2.24) is 39.0 Å². The summed E-state index contributed by atoms with van der Waals surface area (Å²) in [4.78, 5) is 34.5. The second-order valence-electron chi connectivity index (χ2n) is 9.53. The number of hydrogen-bond acceptors (Lipinski definition) is 17. The van der Waals surface area contributed by atoms with E-state index in [1.165, 1.54) is 41.6 Å². The van der Waals surface area contributed by atoms with Gasteiger partial charge < -0.3 is 45.9 Å². The molecule has 2 fully saturated rings. The quantitative estimate of drug-likeness (QED) is 0.110. The van der Waals surface area contributed by atoms with Crippen LogP contribution in [0.15, 0.2) is 25.3 Å². The number of phosphoric ester groups is 1. The molecule has 2 aliphatic rings. The van der Waals surface area contributed by atoms with Crippen molar-refractivity contribution in [2.24, 2.45) is 0 Å². The fourth-order valence-electron chi connectivity index (χ4n) is 4.92. The van der Waals surface area contributed by atoms with Gasteiger partial charge in [-0.1, -0.05) is 0 Å². The Balaban J connectivity index is 1.08. The van der Waals surface area contributed by atoms with Crippen LogP contribution in [-0.4, -0.2) is 116 Å². The number of ether oxygens (including phenoxy) is 3. The molecule has 2 aliphatic heterocycles. The van der Waals surface area contributed by atoms with Crippen molar-refractivity contribution in [2.45, 2.75) is 49.1 Å². The van der Waals surface area contributed by atoms with E-state index in [1.807, 2.05) is 0 Å². The first-order valence-corrected chi connectivity index (χ1v) is 13.9. The third kappa shape index (κ3) is 4.96. The number of phosphoric acid groups is 1. The summed E-state index contributed by atoms with van der Waals surface area (Å²) in [5, 5.41) is 31.9. The molecule has 0 bridgehead atoms. The van der Waals surface area contributed by atoms with E-state index in [2.05, 4.69) is 29.9 Å². The SMILES string of the molecule is CO[C@@H]1[C@H](O)[C@@H](COP(=O)(O)OC[C@H]2O[C@@H](n3cnc4c(N)ncnc43)[C@H](O)[C@@H]2O)O[C@H]1n1cnc2c(N)ncnc21. The number of hydrogen-bond donors (Lipinski definition) is 6. The van der Waals surface area contributed by atoms with Gasteiger partial charge in [-0.05, 0) is 0 Å². The first-order chi connectivity index (χ1) is 20.1. The van der Waals surface area contributed by atoms with Crippen LogP contribution in [0.1, 0.15) is 12.5 Å². The number of nitrogen functional groups attached to an aromatic ring is 2. The molecule has 1 unspecified atom stereocenters. The van der Waals surface area contributed by atoms with Crippen LogP contribution in [0.5, 0.6) is 0 Å². The Morgan fingerprint density at radius 3 is 1.86 bits per heavy atom. The Bertz CT molecular complexity index is 1640. The zero-order valence-electron chi connectivity index (χ0n) is 21.8. The maximum absolute atomic E-state index is 12.7. The van der Waals surface area contributed by atoms with Gasteiger partial charge in [0.05, 0.1) is 25.9 Å². The Morgan fingerprint density at radius 1 is 0.810 bits per heavy atom. The minimum atomic E-state index is -4.77. The Hall–Kier alpha value is -3.43. The summed E-state index contributed by atoms with van der Waals surface area (Å²) in [6.45, 7) is -1.21. The smallest absolute Gasteiger partial charge is 0.387 e. The van der Waals surface area contributed by atoms with Crippen LogP contribution in [0.2, 0.25) is 0 Å². The van der Waals surface area contributed by atoms with E-state index in [9.17, 15) is 24.8 Å². The van der Waals surface area contributed by atoms with Crippen molar-refractivity contribution in [1.29, 1.82) is 0 Å². The summed E-state index contributed by atoms with van der Waals surface area (Å²) in [5.41, 5.74) is 12.8. The van der Waals surface area contributed by atoms with Crippen LogP contribution >= 0.6 is 7.82 Å². The average molecular weight is 610 g/mol. The topological polar surface area (TPSA) is 283 Å². The summed E-state index contributed by atoms with van der Waals surface area (Å²) in [7, 11) is -3.41. The number of imidazole rings is 2. The Morgan fingerprint density at radius 2 is 1.31 bits per heavy atom. The number of aliphatic hydroxyl groups is 3. The standard InChI is InChI=1S/C21H27N10O10P/c1-37-15-13(33)9(41-21(15)31-7-29-11-17(23)25-5-27-19(11)31)3-39-42(35,36)38-2-8-12(32)14(34)20(40-8)30-6-28-10-16(22)24-4-26-18(10)30/h4-9,12-15,20-21,32-34H,2-3H2,1H3,(H,35,36)(H2,22,24,26)(H2,23,25,27)/t8-,9-,12-,13-,14-,15-,20-,21-/m1/s1. The molecule has 0 saturated carbocycles. The minimum Gasteiger partial charge on any atom is -0.387 e. The molecule has 20 nitrogen and oxygen atoms in total. The van der Waals surface area contributed by atoms with Gasteiger partial charge in [-0.2, -0.15) is 0 Å². The minimum absolute atomic E-state index is 0.113. The van der Waals surface area contributed by atoms with Crippen molar-refractivity contribution in [2.75, 3.05) is 31.8 Å². The van der Waals surface area contributed by atoms with Gasteiger partial charge in [-0.3, -0.25) is 18.2 Å².